The second kappa shape index (κ2) is 6.72. The average Bonchev–Trinajstić information content (AvgIpc) is 3.21. The highest BCUT2D eigenvalue weighted by molar-refractivity contribution is 6.35. The lowest BCUT2D eigenvalue weighted by molar-refractivity contribution is -0.117. The van der Waals surface area contributed by atoms with Crippen LogP contribution in [0.1, 0.15) is 5.56 Å². The van der Waals surface area contributed by atoms with E-state index in [-0.39, 0.29) is 5.91 Å². The van der Waals surface area contributed by atoms with E-state index in [0.29, 0.717) is 33.8 Å². The molecule has 5 rings (SSSR count). The highest BCUT2D eigenvalue weighted by atomic mass is 35.5. The van der Waals surface area contributed by atoms with Gasteiger partial charge in [-0.25, -0.2) is 0 Å². The first kappa shape index (κ1) is 17.9. The van der Waals surface area contributed by atoms with E-state index < -0.39 is 0 Å². The maximum absolute atomic E-state index is 11.9. The van der Waals surface area contributed by atoms with Crippen LogP contribution in [0, 0.1) is 0 Å². The zero-order valence-corrected chi connectivity index (χ0v) is 16.7. The molecule has 1 aliphatic rings. The molecule has 3 heterocycles. The largest absolute Gasteiger partial charge is 0.339 e. The van der Waals surface area contributed by atoms with E-state index >= 15 is 0 Å². The molecular formula is C20H14Cl2N6O. The van der Waals surface area contributed by atoms with Crippen molar-refractivity contribution in [2.45, 2.75) is 6.42 Å². The van der Waals surface area contributed by atoms with E-state index in [4.69, 9.17) is 23.2 Å². The number of amides is 1. The van der Waals surface area contributed by atoms with E-state index in [9.17, 15) is 4.79 Å². The smallest absolute Gasteiger partial charge is 0.231 e. The number of carbonyl (C=O) groups is 1. The Hall–Kier alpha value is -3.16. The summed E-state index contributed by atoms with van der Waals surface area (Å²) in [6.45, 7) is 0. The second-order valence-electron chi connectivity index (χ2n) is 6.77. The molecule has 7 nitrogen and oxygen atoms in total. The summed E-state index contributed by atoms with van der Waals surface area (Å²) in [5, 5.41) is 17.3. The number of hydrogen-bond acceptors (Lipinski definition) is 5. The molecule has 0 fully saturated rings. The molecule has 0 radical (unpaired) electrons. The van der Waals surface area contributed by atoms with Gasteiger partial charge in [-0.3, -0.25) is 4.79 Å². The highest BCUT2D eigenvalue weighted by Gasteiger charge is 2.23. The van der Waals surface area contributed by atoms with Gasteiger partial charge in [-0.15, -0.1) is 15.3 Å². The molecule has 4 aromatic rings. The van der Waals surface area contributed by atoms with Gasteiger partial charge < -0.3 is 10.2 Å². The van der Waals surface area contributed by atoms with Crippen molar-refractivity contribution in [2.75, 3.05) is 17.3 Å². The van der Waals surface area contributed by atoms with Gasteiger partial charge in [0.25, 0.3) is 0 Å². The van der Waals surface area contributed by atoms with Crippen molar-refractivity contribution in [3.63, 3.8) is 0 Å². The van der Waals surface area contributed by atoms with Crippen molar-refractivity contribution in [1.29, 1.82) is 0 Å². The van der Waals surface area contributed by atoms with Crippen LogP contribution in [0.4, 0.5) is 17.2 Å². The van der Waals surface area contributed by atoms with Crippen LogP contribution < -0.4 is 10.2 Å². The lowest BCUT2D eigenvalue weighted by Crippen LogP contribution is -2.20. The first-order valence-electron chi connectivity index (χ1n) is 8.83. The Bertz CT molecular complexity index is 1270. The Balaban J connectivity index is 1.51. The maximum atomic E-state index is 11.9. The van der Waals surface area contributed by atoms with Crippen LogP contribution in [0.3, 0.4) is 0 Å². The number of rotatable bonds is 3. The molecule has 0 bridgehead atoms. The van der Waals surface area contributed by atoms with Crippen molar-refractivity contribution in [2.24, 2.45) is 0 Å². The molecule has 2 aromatic carbocycles. The Kier molecular flexibility index (Phi) is 4.15. The van der Waals surface area contributed by atoms with E-state index in [1.807, 2.05) is 30.3 Å². The Morgan fingerprint density at radius 3 is 2.59 bits per heavy atom. The molecule has 9 heteroatoms. The third kappa shape index (κ3) is 3.18. The van der Waals surface area contributed by atoms with E-state index in [1.165, 1.54) is 0 Å². The fourth-order valence-electron chi connectivity index (χ4n) is 3.41. The summed E-state index contributed by atoms with van der Waals surface area (Å²) in [7, 11) is 1.78. The fraction of sp³-hybridized carbons (Fsp3) is 0.100. The minimum Gasteiger partial charge on any atom is -0.339 e. The van der Waals surface area contributed by atoms with Crippen LogP contribution in [0.5, 0.6) is 0 Å². The number of fused-ring (bicyclic) bond motifs is 2. The minimum absolute atomic E-state index is 0.0889. The lowest BCUT2D eigenvalue weighted by atomic mass is 10.1. The molecule has 0 saturated heterocycles. The highest BCUT2D eigenvalue weighted by Crippen LogP contribution is 2.31. The molecule has 1 amide bonds. The number of halogens is 2. The van der Waals surface area contributed by atoms with Crippen molar-refractivity contribution >= 4 is 51.9 Å². The molecule has 0 unspecified atom stereocenters. The summed E-state index contributed by atoms with van der Waals surface area (Å²) >= 11 is 12.2. The molecule has 0 atom stereocenters. The quantitative estimate of drug-likeness (QED) is 0.528. The van der Waals surface area contributed by atoms with Crippen LogP contribution in [-0.4, -0.2) is 32.8 Å². The second-order valence-corrected chi connectivity index (χ2v) is 7.64. The van der Waals surface area contributed by atoms with Gasteiger partial charge in [0.15, 0.2) is 17.3 Å². The summed E-state index contributed by atoms with van der Waals surface area (Å²) in [6, 6.07) is 14.6. The normalized spacial score (nSPS) is 13.2. The number of carbonyl (C=O) groups excluding carboxylic acids is 1. The van der Waals surface area contributed by atoms with Gasteiger partial charge >= 0.3 is 0 Å². The van der Waals surface area contributed by atoms with E-state index in [2.05, 4.69) is 20.6 Å². The third-order valence-electron chi connectivity index (χ3n) is 4.81. The number of aromatic nitrogens is 4. The summed E-state index contributed by atoms with van der Waals surface area (Å²) in [5.41, 5.74) is 4.09. The molecule has 0 saturated carbocycles. The predicted molar refractivity (Wildman–Crippen MR) is 113 cm³/mol. The van der Waals surface area contributed by atoms with Crippen LogP contribution in [0.15, 0.2) is 48.5 Å². The van der Waals surface area contributed by atoms with Gasteiger partial charge in [-0.05, 0) is 54.1 Å². The molecule has 0 aliphatic carbocycles. The summed E-state index contributed by atoms with van der Waals surface area (Å²) < 4.78 is 1.63. The predicted octanol–water partition coefficient (Wildman–Crippen LogP) is 4.36. The minimum atomic E-state index is 0.0889. The van der Waals surface area contributed by atoms with Crippen molar-refractivity contribution < 1.29 is 4.79 Å². The van der Waals surface area contributed by atoms with Gasteiger partial charge in [0.05, 0.1) is 6.42 Å². The Labute approximate surface area is 175 Å². The zero-order valence-electron chi connectivity index (χ0n) is 15.2. The third-order valence-corrected chi connectivity index (χ3v) is 5.25. The molecule has 0 spiro atoms. The van der Waals surface area contributed by atoms with Gasteiger partial charge in [0, 0.05) is 34.0 Å². The first-order valence-corrected chi connectivity index (χ1v) is 9.59. The van der Waals surface area contributed by atoms with Crippen LogP contribution in [0.25, 0.3) is 17.0 Å². The van der Waals surface area contributed by atoms with Gasteiger partial charge in [-0.1, -0.05) is 23.2 Å². The number of nitrogens with zero attached hydrogens (tertiary/aromatic N) is 5. The SMILES string of the molecule is CN1C(=O)Cc2cc(Nc3ccc4nnc(-c5cc(Cl)cc(Cl)c5)n4n3)ccc21. The standard InChI is InChI=1S/C20H14Cl2N6O/c1-27-16-3-2-15(8-11(16)9-19(27)29)23-17-4-5-18-24-25-20(28(18)26-17)12-6-13(21)10-14(22)7-12/h2-8,10H,9H2,1H3,(H,23,26). The molecule has 2 aromatic heterocycles. The number of anilines is 3. The van der Waals surface area contributed by atoms with Crippen molar-refractivity contribution in [3.8, 4) is 11.4 Å². The van der Waals surface area contributed by atoms with E-state index in [1.54, 1.807) is 34.7 Å². The zero-order chi connectivity index (χ0) is 20.1. The molecular weight excluding hydrogens is 411 g/mol. The number of nitrogens with one attached hydrogen (secondary N) is 1. The number of benzene rings is 2. The van der Waals surface area contributed by atoms with Gasteiger partial charge in [0.2, 0.25) is 5.91 Å². The van der Waals surface area contributed by atoms with Gasteiger partial charge in [0.1, 0.15) is 0 Å². The Morgan fingerprint density at radius 2 is 1.79 bits per heavy atom. The lowest BCUT2D eigenvalue weighted by Gasteiger charge is -2.11. The van der Waals surface area contributed by atoms with Gasteiger partial charge in [-0.2, -0.15) is 4.52 Å². The van der Waals surface area contributed by atoms with E-state index in [0.717, 1.165) is 22.5 Å². The molecule has 1 N–H and O–H groups in total. The molecule has 144 valence electrons. The van der Waals surface area contributed by atoms with Crippen molar-refractivity contribution in [1.82, 2.24) is 19.8 Å². The topological polar surface area (TPSA) is 75.4 Å². The number of hydrogen-bond donors (Lipinski definition) is 1. The van der Waals surface area contributed by atoms with Crippen LogP contribution in [-0.2, 0) is 11.2 Å². The summed E-state index contributed by atoms with van der Waals surface area (Å²) in [5.74, 6) is 1.24. The van der Waals surface area contributed by atoms with Crippen molar-refractivity contribution in [3.05, 3.63) is 64.1 Å². The molecule has 1 aliphatic heterocycles. The number of likely N-dealkylation sites (N-methyl/N-ethyl adjacent to an activating group) is 1. The summed E-state index contributed by atoms with van der Waals surface area (Å²) in [4.78, 5) is 13.6. The first-order chi connectivity index (χ1) is 14.0. The fourth-order valence-corrected chi connectivity index (χ4v) is 3.94. The monoisotopic (exact) mass is 424 g/mol. The maximum Gasteiger partial charge on any atom is 0.231 e. The Morgan fingerprint density at radius 1 is 1.00 bits per heavy atom. The summed E-state index contributed by atoms with van der Waals surface area (Å²) in [6.07, 6.45) is 0.402. The molecule has 29 heavy (non-hydrogen) atoms. The van der Waals surface area contributed by atoms with Crippen LogP contribution in [0.2, 0.25) is 10.0 Å². The average molecular weight is 425 g/mol. The van der Waals surface area contributed by atoms with Crippen LogP contribution >= 0.6 is 23.2 Å².